The Bertz CT molecular complexity index is 1060. The Balaban J connectivity index is 1.48. The molecular formula is C26H32N4O5. The standard InChI is InChI=1S/C26H32N4O5/c1-17(18-8-6-5-7-9-18)30-16-19(14-23(30)32)24(33)29-21-12-10-20(11-13-21)28-22(31)15-27-25(34)35-26(2,3)4/h5-13,17,19H,14-16H2,1-4H3,(H,27,34)(H,28,31)(H,29,33). The van der Waals surface area contributed by atoms with E-state index in [1.165, 1.54) is 0 Å². The van der Waals surface area contributed by atoms with Crippen LogP contribution < -0.4 is 16.0 Å². The highest BCUT2D eigenvalue weighted by molar-refractivity contribution is 5.98. The van der Waals surface area contributed by atoms with Gasteiger partial charge >= 0.3 is 6.09 Å². The molecule has 3 rings (SSSR count). The Morgan fingerprint density at radius 2 is 1.60 bits per heavy atom. The second kappa shape index (κ2) is 11.0. The van der Waals surface area contributed by atoms with E-state index >= 15 is 0 Å². The molecule has 0 radical (unpaired) electrons. The molecule has 1 aliphatic rings. The Hall–Kier alpha value is -3.88. The van der Waals surface area contributed by atoms with Crippen molar-refractivity contribution in [2.45, 2.75) is 45.8 Å². The van der Waals surface area contributed by atoms with Gasteiger partial charge in [0.15, 0.2) is 0 Å². The molecule has 0 aromatic heterocycles. The van der Waals surface area contributed by atoms with Crippen LogP contribution in [0.2, 0.25) is 0 Å². The number of carbonyl (C=O) groups excluding carboxylic acids is 4. The van der Waals surface area contributed by atoms with Gasteiger partial charge < -0.3 is 25.6 Å². The number of ether oxygens (including phenoxy) is 1. The molecule has 1 fully saturated rings. The van der Waals surface area contributed by atoms with Gasteiger partial charge in [0.1, 0.15) is 12.1 Å². The minimum atomic E-state index is -0.673. The van der Waals surface area contributed by atoms with Crippen molar-refractivity contribution in [1.29, 1.82) is 0 Å². The molecule has 186 valence electrons. The van der Waals surface area contributed by atoms with Crippen LogP contribution in [0, 0.1) is 5.92 Å². The van der Waals surface area contributed by atoms with Crippen molar-refractivity contribution in [2.75, 3.05) is 23.7 Å². The zero-order chi connectivity index (χ0) is 25.6. The van der Waals surface area contributed by atoms with Gasteiger partial charge in [0, 0.05) is 24.3 Å². The Kier molecular flexibility index (Phi) is 8.11. The van der Waals surface area contributed by atoms with E-state index in [0.717, 1.165) is 5.56 Å². The molecule has 1 heterocycles. The third-order valence-corrected chi connectivity index (χ3v) is 5.51. The largest absolute Gasteiger partial charge is 0.444 e. The van der Waals surface area contributed by atoms with Crippen LogP contribution >= 0.6 is 0 Å². The van der Waals surface area contributed by atoms with Crippen LogP contribution in [-0.4, -0.2) is 47.4 Å². The van der Waals surface area contributed by atoms with E-state index in [-0.39, 0.29) is 30.8 Å². The molecule has 2 unspecified atom stereocenters. The molecule has 4 amide bonds. The lowest BCUT2D eigenvalue weighted by atomic mass is 10.1. The van der Waals surface area contributed by atoms with Crippen molar-refractivity contribution in [3.63, 3.8) is 0 Å². The van der Waals surface area contributed by atoms with Crippen LogP contribution in [0.4, 0.5) is 16.2 Å². The van der Waals surface area contributed by atoms with Crippen LogP contribution in [-0.2, 0) is 19.1 Å². The number of amides is 4. The Labute approximate surface area is 205 Å². The molecule has 2 aromatic rings. The molecule has 0 spiro atoms. The molecule has 0 saturated carbocycles. The number of carbonyl (C=O) groups is 4. The summed E-state index contributed by atoms with van der Waals surface area (Å²) in [5.41, 5.74) is 1.45. The zero-order valence-electron chi connectivity index (χ0n) is 20.5. The first-order chi connectivity index (χ1) is 16.5. The topological polar surface area (TPSA) is 117 Å². The lowest BCUT2D eigenvalue weighted by Gasteiger charge is -2.25. The summed E-state index contributed by atoms with van der Waals surface area (Å²) in [7, 11) is 0. The monoisotopic (exact) mass is 480 g/mol. The average molecular weight is 481 g/mol. The first-order valence-electron chi connectivity index (χ1n) is 11.5. The third kappa shape index (κ3) is 7.56. The van der Waals surface area contributed by atoms with Crippen LogP contribution in [0.15, 0.2) is 54.6 Å². The van der Waals surface area contributed by atoms with Crippen molar-refractivity contribution >= 4 is 35.2 Å². The maximum absolute atomic E-state index is 12.8. The van der Waals surface area contributed by atoms with Gasteiger partial charge in [-0.05, 0) is 57.5 Å². The molecule has 9 heteroatoms. The van der Waals surface area contributed by atoms with E-state index < -0.39 is 23.5 Å². The van der Waals surface area contributed by atoms with Crippen molar-refractivity contribution in [3.05, 3.63) is 60.2 Å². The summed E-state index contributed by atoms with van der Waals surface area (Å²) >= 11 is 0. The number of rotatable bonds is 7. The van der Waals surface area contributed by atoms with Gasteiger partial charge in [-0.25, -0.2) is 4.79 Å². The van der Waals surface area contributed by atoms with Crippen molar-refractivity contribution in [1.82, 2.24) is 10.2 Å². The summed E-state index contributed by atoms with van der Waals surface area (Å²) in [5.74, 6) is -1.12. The van der Waals surface area contributed by atoms with E-state index in [4.69, 9.17) is 4.74 Å². The van der Waals surface area contributed by atoms with Gasteiger partial charge in [0.05, 0.1) is 12.0 Å². The molecule has 2 aromatic carbocycles. The van der Waals surface area contributed by atoms with E-state index in [0.29, 0.717) is 17.9 Å². The molecule has 3 N–H and O–H groups in total. The van der Waals surface area contributed by atoms with Gasteiger partial charge in [-0.3, -0.25) is 14.4 Å². The number of benzene rings is 2. The van der Waals surface area contributed by atoms with Crippen molar-refractivity contribution < 1.29 is 23.9 Å². The van der Waals surface area contributed by atoms with Crippen LogP contribution in [0.25, 0.3) is 0 Å². The second-order valence-corrected chi connectivity index (χ2v) is 9.50. The number of likely N-dealkylation sites (tertiary alicyclic amines) is 1. The first kappa shape index (κ1) is 25.7. The van der Waals surface area contributed by atoms with Crippen molar-refractivity contribution in [2.24, 2.45) is 5.92 Å². The van der Waals surface area contributed by atoms with Crippen molar-refractivity contribution in [3.8, 4) is 0 Å². The predicted octanol–water partition coefficient (Wildman–Crippen LogP) is 3.70. The summed E-state index contributed by atoms with van der Waals surface area (Å²) < 4.78 is 5.09. The number of nitrogens with one attached hydrogen (secondary N) is 3. The molecule has 0 aliphatic carbocycles. The SMILES string of the molecule is CC(c1ccccc1)N1CC(C(=O)Nc2ccc(NC(=O)CNC(=O)OC(C)(C)C)cc2)CC1=O. The van der Waals surface area contributed by atoms with E-state index in [1.54, 1.807) is 49.9 Å². The van der Waals surface area contributed by atoms with E-state index in [1.807, 2.05) is 37.3 Å². The summed E-state index contributed by atoms with van der Waals surface area (Å²) in [5, 5.41) is 7.90. The summed E-state index contributed by atoms with van der Waals surface area (Å²) in [6, 6.07) is 16.2. The molecule has 35 heavy (non-hydrogen) atoms. The van der Waals surface area contributed by atoms with Gasteiger partial charge in [-0.15, -0.1) is 0 Å². The highest BCUT2D eigenvalue weighted by Gasteiger charge is 2.37. The molecular weight excluding hydrogens is 448 g/mol. The van der Waals surface area contributed by atoms with Gasteiger partial charge in [0.25, 0.3) is 0 Å². The normalized spacial score (nSPS) is 16.4. The Morgan fingerprint density at radius 1 is 1.00 bits per heavy atom. The fourth-order valence-corrected chi connectivity index (χ4v) is 3.75. The number of hydrogen-bond acceptors (Lipinski definition) is 5. The lowest BCUT2D eigenvalue weighted by Crippen LogP contribution is -2.37. The van der Waals surface area contributed by atoms with Gasteiger partial charge in [-0.1, -0.05) is 30.3 Å². The number of alkyl carbamates (subject to hydrolysis) is 1. The lowest BCUT2D eigenvalue weighted by molar-refractivity contribution is -0.129. The number of hydrogen-bond donors (Lipinski definition) is 3. The number of anilines is 2. The Morgan fingerprint density at radius 3 is 2.20 bits per heavy atom. The van der Waals surface area contributed by atoms with Gasteiger partial charge in [-0.2, -0.15) is 0 Å². The highest BCUT2D eigenvalue weighted by atomic mass is 16.6. The smallest absolute Gasteiger partial charge is 0.408 e. The maximum atomic E-state index is 12.8. The fourth-order valence-electron chi connectivity index (χ4n) is 3.75. The highest BCUT2D eigenvalue weighted by Crippen LogP contribution is 2.29. The molecule has 2 atom stereocenters. The predicted molar refractivity (Wildman–Crippen MR) is 133 cm³/mol. The molecule has 0 bridgehead atoms. The molecule has 1 saturated heterocycles. The van der Waals surface area contributed by atoms with Crippen LogP contribution in [0.3, 0.4) is 0 Å². The van der Waals surface area contributed by atoms with Crippen LogP contribution in [0.1, 0.15) is 45.7 Å². The minimum Gasteiger partial charge on any atom is -0.444 e. The average Bonchev–Trinajstić information content (AvgIpc) is 3.20. The number of nitrogens with zero attached hydrogens (tertiary/aromatic N) is 1. The molecule has 1 aliphatic heterocycles. The fraction of sp³-hybridized carbons (Fsp3) is 0.385. The van der Waals surface area contributed by atoms with E-state index in [9.17, 15) is 19.2 Å². The minimum absolute atomic E-state index is 0.0421. The summed E-state index contributed by atoms with van der Waals surface area (Å²) in [4.78, 5) is 50.7. The zero-order valence-corrected chi connectivity index (χ0v) is 20.5. The molecule has 9 nitrogen and oxygen atoms in total. The summed E-state index contributed by atoms with van der Waals surface area (Å²) in [6.45, 7) is 7.29. The van der Waals surface area contributed by atoms with Gasteiger partial charge in [0.2, 0.25) is 17.7 Å². The third-order valence-electron chi connectivity index (χ3n) is 5.51. The van der Waals surface area contributed by atoms with Crippen LogP contribution in [0.5, 0.6) is 0 Å². The van der Waals surface area contributed by atoms with E-state index in [2.05, 4.69) is 16.0 Å². The maximum Gasteiger partial charge on any atom is 0.408 e. The quantitative estimate of drug-likeness (QED) is 0.559. The second-order valence-electron chi connectivity index (χ2n) is 9.50. The first-order valence-corrected chi connectivity index (χ1v) is 11.5. The summed E-state index contributed by atoms with van der Waals surface area (Å²) in [6.07, 6.45) is -0.505.